The van der Waals surface area contributed by atoms with Crippen molar-refractivity contribution < 1.29 is 9.84 Å². The molecule has 1 aliphatic heterocycles. The van der Waals surface area contributed by atoms with Gasteiger partial charge in [0.2, 0.25) is 0 Å². The highest BCUT2D eigenvalue weighted by Crippen LogP contribution is 2.28. The van der Waals surface area contributed by atoms with Crippen LogP contribution in [0.3, 0.4) is 0 Å². The van der Waals surface area contributed by atoms with Crippen LogP contribution in [0, 0.1) is 0 Å². The van der Waals surface area contributed by atoms with Gasteiger partial charge in [-0.25, -0.2) is 0 Å². The zero-order valence-corrected chi connectivity index (χ0v) is 9.89. The Labute approximate surface area is 96.6 Å². The highest BCUT2D eigenvalue weighted by atomic mass is 16.5. The lowest BCUT2D eigenvalue weighted by Gasteiger charge is -2.34. The van der Waals surface area contributed by atoms with Crippen molar-refractivity contribution in [3.8, 4) is 5.75 Å². The molecule has 1 aromatic rings. The van der Waals surface area contributed by atoms with Crippen molar-refractivity contribution in [2.24, 2.45) is 0 Å². The highest BCUT2D eigenvalue weighted by molar-refractivity contribution is 5.32. The van der Waals surface area contributed by atoms with Gasteiger partial charge in [-0.15, -0.1) is 0 Å². The number of nitrogens with zero attached hydrogens (tertiary/aromatic N) is 1. The first-order valence-corrected chi connectivity index (χ1v) is 5.71. The molecule has 1 saturated heterocycles. The molecule has 1 aromatic carbocycles. The molecule has 0 unspecified atom stereocenters. The van der Waals surface area contributed by atoms with Gasteiger partial charge in [0.1, 0.15) is 5.75 Å². The van der Waals surface area contributed by atoms with E-state index in [1.54, 1.807) is 7.11 Å². The molecule has 0 saturated carbocycles. The Morgan fingerprint density at radius 3 is 3.00 bits per heavy atom. The minimum absolute atomic E-state index is 0.203. The van der Waals surface area contributed by atoms with Crippen molar-refractivity contribution in [1.29, 1.82) is 0 Å². The van der Waals surface area contributed by atoms with E-state index >= 15 is 0 Å². The van der Waals surface area contributed by atoms with Crippen LogP contribution in [0.4, 0.5) is 0 Å². The Balaban J connectivity index is 2.20. The molecule has 3 nitrogen and oxygen atoms in total. The summed E-state index contributed by atoms with van der Waals surface area (Å²) in [5, 5.41) is 10.0. The van der Waals surface area contributed by atoms with Crippen molar-refractivity contribution in [2.75, 3.05) is 27.2 Å². The molecule has 0 bridgehead atoms. The summed E-state index contributed by atoms with van der Waals surface area (Å²) >= 11 is 0. The largest absolute Gasteiger partial charge is 0.497 e. The summed E-state index contributed by atoms with van der Waals surface area (Å²) in [6.07, 6.45) is 0.613. The maximum absolute atomic E-state index is 10.0. The molecule has 3 heteroatoms. The predicted molar refractivity (Wildman–Crippen MR) is 63.9 cm³/mol. The number of hydrogen-bond acceptors (Lipinski definition) is 3. The van der Waals surface area contributed by atoms with E-state index in [9.17, 15) is 5.11 Å². The highest BCUT2D eigenvalue weighted by Gasteiger charge is 2.27. The van der Waals surface area contributed by atoms with Crippen LogP contribution >= 0.6 is 0 Å². The first-order chi connectivity index (χ1) is 7.70. The minimum atomic E-state index is -0.233. The van der Waals surface area contributed by atoms with Crippen molar-refractivity contribution in [2.45, 2.75) is 18.4 Å². The van der Waals surface area contributed by atoms with Crippen LogP contribution in [-0.4, -0.2) is 43.4 Å². The van der Waals surface area contributed by atoms with E-state index in [1.807, 2.05) is 18.2 Å². The molecule has 1 heterocycles. The number of benzene rings is 1. The number of piperidine rings is 1. The zero-order valence-electron chi connectivity index (χ0n) is 9.89. The van der Waals surface area contributed by atoms with Crippen molar-refractivity contribution in [3.05, 3.63) is 29.8 Å². The molecule has 0 aliphatic carbocycles. The van der Waals surface area contributed by atoms with Crippen molar-refractivity contribution in [3.63, 3.8) is 0 Å². The number of aliphatic hydroxyl groups is 1. The Morgan fingerprint density at radius 1 is 1.44 bits per heavy atom. The molecule has 1 aliphatic rings. The average molecular weight is 221 g/mol. The number of aliphatic hydroxyl groups excluding tert-OH is 1. The fourth-order valence-electron chi connectivity index (χ4n) is 2.30. The van der Waals surface area contributed by atoms with Gasteiger partial charge < -0.3 is 14.7 Å². The third kappa shape index (κ3) is 2.36. The lowest BCUT2D eigenvalue weighted by molar-refractivity contribution is 0.0708. The van der Waals surface area contributed by atoms with Crippen LogP contribution in [-0.2, 0) is 0 Å². The summed E-state index contributed by atoms with van der Waals surface area (Å²) in [6, 6.07) is 8.00. The number of likely N-dealkylation sites (N-methyl/N-ethyl adjacent to an activating group) is 1. The number of likely N-dealkylation sites (tertiary alicyclic amines) is 1. The summed E-state index contributed by atoms with van der Waals surface area (Å²) in [5.74, 6) is 1.06. The summed E-state index contributed by atoms with van der Waals surface area (Å²) in [5.41, 5.74) is 1.17. The zero-order chi connectivity index (χ0) is 11.5. The summed E-state index contributed by atoms with van der Waals surface area (Å²) in [6.45, 7) is 1.88. The third-order valence-corrected chi connectivity index (χ3v) is 3.30. The second-order valence-corrected chi connectivity index (χ2v) is 4.50. The normalized spacial score (nSPS) is 26.7. The molecule has 0 amide bonds. The molecule has 2 atom stereocenters. The maximum atomic E-state index is 10.0. The second-order valence-electron chi connectivity index (χ2n) is 4.50. The van der Waals surface area contributed by atoms with E-state index in [4.69, 9.17) is 4.74 Å². The molecule has 1 N–H and O–H groups in total. The summed E-state index contributed by atoms with van der Waals surface area (Å²) < 4.78 is 5.21. The first-order valence-electron chi connectivity index (χ1n) is 5.71. The van der Waals surface area contributed by atoms with Gasteiger partial charge in [0.05, 0.1) is 13.2 Å². The van der Waals surface area contributed by atoms with Gasteiger partial charge in [0.15, 0.2) is 0 Å². The number of rotatable bonds is 2. The number of hydrogen-bond donors (Lipinski definition) is 1. The van der Waals surface area contributed by atoms with Crippen LogP contribution in [0.2, 0.25) is 0 Å². The summed E-state index contributed by atoms with van der Waals surface area (Å²) in [7, 11) is 3.77. The van der Waals surface area contributed by atoms with E-state index in [-0.39, 0.29) is 12.0 Å². The van der Waals surface area contributed by atoms with Crippen LogP contribution in [0.5, 0.6) is 5.75 Å². The molecule has 0 spiro atoms. The quantitative estimate of drug-likeness (QED) is 0.821. The minimum Gasteiger partial charge on any atom is -0.497 e. The van der Waals surface area contributed by atoms with Gasteiger partial charge in [-0.1, -0.05) is 12.1 Å². The van der Waals surface area contributed by atoms with Crippen molar-refractivity contribution in [1.82, 2.24) is 4.90 Å². The molecular formula is C13H19NO2. The number of ether oxygens (including phenoxy) is 1. The molecule has 88 valence electrons. The fraction of sp³-hybridized carbons (Fsp3) is 0.538. The Morgan fingerprint density at radius 2 is 2.25 bits per heavy atom. The average Bonchev–Trinajstić information content (AvgIpc) is 2.32. The lowest BCUT2D eigenvalue weighted by Crippen LogP contribution is -2.39. The fourth-order valence-corrected chi connectivity index (χ4v) is 2.30. The predicted octanol–water partition coefficient (Wildman–Crippen LogP) is 1.48. The van der Waals surface area contributed by atoms with Gasteiger partial charge >= 0.3 is 0 Å². The molecule has 0 radical (unpaired) electrons. The standard InChI is InChI=1S/C13H19NO2/c1-14-7-6-13(15)12(9-14)10-4-3-5-11(8-10)16-2/h3-5,8,12-13,15H,6-7,9H2,1-2H3/t12-,13-/m0/s1. The van der Waals surface area contributed by atoms with E-state index in [1.165, 1.54) is 5.56 Å². The van der Waals surface area contributed by atoms with Crippen LogP contribution in [0.15, 0.2) is 24.3 Å². The molecule has 0 aromatic heterocycles. The molecule has 2 rings (SSSR count). The Bertz CT molecular complexity index is 354. The van der Waals surface area contributed by atoms with Gasteiger partial charge in [-0.2, -0.15) is 0 Å². The van der Waals surface area contributed by atoms with E-state index < -0.39 is 0 Å². The van der Waals surface area contributed by atoms with Crippen LogP contribution in [0.1, 0.15) is 17.9 Å². The monoisotopic (exact) mass is 221 g/mol. The number of methoxy groups -OCH3 is 1. The Kier molecular flexibility index (Phi) is 3.46. The molecular weight excluding hydrogens is 202 g/mol. The molecule has 1 fully saturated rings. The van der Waals surface area contributed by atoms with Crippen molar-refractivity contribution >= 4 is 0 Å². The maximum Gasteiger partial charge on any atom is 0.119 e. The first kappa shape index (κ1) is 11.4. The topological polar surface area (TPSA) is 32.7 Å². The smallest absolute Gasteiger partial charge is 0.119 e. The van der Waals surface area contributed by atoms with Gasteiger partial charge in [-0.05, 0) is 31.2 Å². The van der Waals surface area contributed by atoms with E-state index in [0.29, 0.717) is 0 Å². The van der Waals surface area contributed by atoms with Gasteiger partial charge in [-0.3, -0.25) is 0 Å². The van der Waals surface area contributed by atoms with Crippen LogP contribution < -0.4 is 4.74 Å². The van der Waals surface area contributed by atoms with E-state index in [0.717, 1.165) is 25.3 Å². The Hall–Kier alpha value is -1.06. The second kappa shape index (κ2) is 4.85. The SMILES string of the molecule is COc1cccc([C@@H]2CN(C)CC[C@@H]2O)c1. The van der Waals surface area contributed by atoms with Gasteiger partial charge in [0, 0.05) is 19.0 Å². The lowest BCUT2D eigenvalue weighted by atomic mass is 9.88. The van der Waals surface area contributed by atoms with E-state index in [2.05, 4.69) is 18.0 Å². The van der Waals surface area contributed by atoms with Crippen LogP contribution in [0.25, 0.3) is 0 Å². The summed E-state index contributed by atoms with van der Waals surface area (Å²) in [4.78, 5) is 2.26. The third-order valence-electron chi connectivity index (χ3n) is 3.30. The molecule has 16 heavy (non-hydrogen) atoms. The van der Waals surface area contributed by atoms with Gasteiger partial charge in [0.25, 0.3) is 0 Å².